The first-order valence-corrected chi connectivity index (χ1v) is 12.2. The molecule has 2 unspecified atom stereocenters. The minimum Gasteiger partial charge on any atom is -0.383 e. The molecule has 2 saturated heterocycles. The lowest BCUT2D eigenvalue weighted by atomic mass is 9.35. The molecule has 8 heteroatoms. The summed E-state index contributed by atoms with van der Waals surface area (Å²) in [5.74, 6) is -2.56. The van der Waals surface area contributed by atoms with Gasteiger partial charge in [-0.15, -0.1) is 0 Å². The van der Waals surface area contributed by atoms with Crippen molar-refractivity contribution >= 4 is 12.6 Å². The number of aromatic nitrogens is 2. The van der Waals surface area contributed by atoms with Crippen LogP contribution in [0.4, 0.5) is 8.78 Å². The summed E-state index contributed by atoms with van der Waals surface area (Å²) in [6.07, 6.45) is 4.90. The van der Waals surface area contributed by atoms with E-state index < -0.39 is 5.92 Å². The van der Waals surface area contributed by atoms with Crippen molar-refractivity contribution in [1.82, 2.24) is 14.7 Å². The average Bonchev–Trinajstić information content (AvgIpc) is 3.38. The molecule has 2 aliphatic heterocycles. The predicted octanol–water partition coefficient (Wildman–Crippen LogP) is 5.05. The number of benzene rings is 1. The van der Waals surface area contributed by atoms with Crippen molar-refractivity contribution in [3.63, 3.8) is 0 Å². The monoisotopic (exact) mass is 455 g/mol. The molecule has 1 aliphatic carbocycles. The number of aryl methyl sites for hydroxylation is 1. The van der Waals surface area contributed by atoms with Crippen LogP contribution in [-0.2, 0) is 22.0 Å². The molecule has 5 nitrogen and oxygen atoms in total. The van der Waals surface area contributed by atoms with Crippen molar-refractivity contribution < 1.29 is 18.3 Å². The number of ether oxygens (including phenoxy) is 1. The van der Waals surface area contributed by atoms with E-state index in [2.05, 4.69) is 30.2 Å². The van der Waals surface area contributed by atoms with E-state index in [0.717, 1.165) is 63.2 Å². The Morgan fingerprint density at radius 3 is 2.64 bits per heavy atom. The second-order valence-electron chi connectivity index (χ2n) is 10.1. The molecule has 1 aromatic carbocycles. The first-order valence-electron chi connectivity index (χ1n) is 12.2. The molecule has 3 fully saturated rings. The van der Waals surface area contributed by atoms with Crippen LogP contribution >= 0.6 is 0 Å². The normalized spacial score (nSPS) is 23.9. The Bertz CT molecular complexity index is 1010. The quantitative estimate of drug-likeness (QED) is 0.573. The summed E-state index contributed by atoms with van der Waals surface area (Å²) in [6, 6.07) is 9.82. The molecule has 5 rings (SSSR count). The highest BCUT2D eigenvalue weighted by atomic mass is 19.3. The lowest BCUT2D eigenvalue weighted by Gasteiger charge is -2.33. The third-order valence-corrected chi connectivity index (χ3v) is 7.55. The molecule has 2 aromatic rings. The van der Waals surface area contributed by atoms with Crippen molar-refractivity contribution in [2.24, 2.45) is 0 Å². The van der Waals surface area contributed by atoms with E-state index in [4.69, 9.17) is 4.74 Å². The van der Waals surface area contributed by atoms with Gasteiger partial charge in [0.2, 0.25) is 5.91 Å². The summed E-state index contributed by atoms with van der Waals surface area (Å²) in [5.41, 5.74) is 2.82. The van der Waals surface area contributed by atoms with E-state index in [1.807, 2.05) is 11.0 Å². The number of carbonyl (C=O) groups is 1. The third kappa shape index (κ3) is 4.72. The van der Waals surface area contributed by atoms with Gasteiger partial charge < -0.3 is 9.64 Å². The summed E-state index contributed by atoms with van der Waals surface area (Å²) < 4.78 is 35.5. The minimum atomic E-state index is -3.04. The van der Waals surface area contributed by atoms with Crippen LogP contribution in [0.15, 0.2) is 30.3 Å². The van der Waals surface area contributed by atoms with E-state index in [0.29, 0.717) is 24.8 Å². The molecular formula is C25H32BF2N3O2. The number of carbonyl (C=O) groups excluding carboxylic acids is 1. The van der Waals surface area contributed by atoms with Gasteiger partial charge in [0, 0.05) is 32.6 Å². The summed E-state index contributed by atoms with van der Waals surface area (Å²) >= 11 is 0. The van der Waals surface area contributed by atoms with Gasteiger partial charge in [-0.05, 0) is 43.6 Å². The van der Waals surface area contributed by atoms with Crippen LogP contribution in [0.2, 0.25) is 18.5 Å². The molecule has 2 atom stereocenters. The van der Waals surface area contributed by atoms with Gasteiger partial charge in [0.1, 0.15) is 12.2 Å². The fourth-order valence-electron chi connectivity index (χ4n) is 5.72. The molecule has 0 radical (unpaired) electrons. The van der Waals surface area contributed by atoms with Crippen LogP contribution in [0, 0.1) is 6.92 Å². The second kappa shape index (κ2) is 8.86. The number of hydrogen-bond donors (Lipinski definition) is 0. The van der Waals surface area contributed by atoms with E-state index in [1.165, 1.54) is 10.7 Å². The number of alkyl halides is 2. The average molecular weight is 455 g/mol. The summed E-state index contributed by atoms with van der Waals surface area (Å²) in [4.78, 5) is 15.5. The van der Waals surface area contributed by atoms with Gasteiger partial charge >= 0.3 is 0 Å². The van der Waals surface area contributed by atoms with E-state index >= 15 is 0 Å². The van der Waals surface area contributed by atoms with E-state index in [-0.39, 0.29) is 30.1 Å². The topological polar surface area (TPSA) is 47.4 Å². The number of halogens is 2. The fraction of sp³-hybridized carbons (Fsp3) is 0.600. The van der Waals surface area contributed by atoms with Crippen LogP contribution in [0.3, 0.4) is 0 Å². The zero-order valence-electron chi connectivity index (χ0n) is 19.5. The highest BCUT2D eigenvalue weighted by Gasteiger charge is 2.44. The Hall–Kier alpha value is -2.22. The Kier molecular flexibility index (Phi) is 6.06. The smallest absolute Gasteiger partial charge is 0.286 e. The maximum Gasteiger partial charge on any atom is 0.286 e. The van der Waals surface area contributed by atoms with Gasteiger partial charge in [-0.25, -0.2) is 0 Å². The molecule has 1 saturated carbocycles. The van der Waals surface area contributed by atoms with Crippen molar-refractivity contribution in [1.29, 1.82) is 0 Å². The number of rotatable bonds is 6. The summed E-state index contributed by atoms with van der Waals surface area (Å²) in [5, 5.41) is 4.44. The lowest BCUT2D eigenvalue weighted by molar-refractivity contribution is -0.133. The Morgan fingerprint density at radius 1 is 1.21 bits per heavy atom. The number of amides is 1. The first-order chi connectivity index (χ1) is 15.8. The van der Waals surface area contributed by atoms with Gasteiger partial charge in [0.15, 0.2) is 6.71 Å². The zero-order chi connectivity index (χ0) is 23.2. The molecular weight excluding hydrogens is 423 g/mol. The summed E-state index contributed by atoms with van der Waals surface area (Å²) in [7, 11) is 0. The van der Waals surface area contributed by atoms with E-state index in [9.17, 15) is 13.6 Å². The maximum absolute atomic E-state index is 14.3. The van der Waals surface area contributed by atoms with E-state index in [1.54, 1.807) is 0 Å². The predicted molar refractivity (Wildman–Crippen MR) is 124 cm³/mol. The largest absolute Gasteiger partial charge is 0.383 e. The van der Waals surface area contributed by atoms with Gasteiger partial charge in [0.05, 0.1) is 11.7 Å². The Morgan fingerprint density at radius 2 is 1.97 bits per heavy atom. The lowest BCUT2D eigenvalue weighted by Crippen LogP contribution is -2.38. The Labute approximate surface area is 194 Å². The van der Waals surface area contributed by atoms with Crippen LogP contribution < -0.4 is 0 Å². The van der Waals surface area contributed by atoms with Crippen LogP contribution in [-0.4, -0.2) is 47.1 Å². The first kappa shape index (κ1) is 22.6. The number of hydrogen-bond acceptors (Lipinski definition) is 3. The van der Waals surface area contributed by atoms with Gasteiger partial charge in [-0.1, -0.05) is 42.5 Å². The molecule has 176 valence electrons. The van der Waals surface area contributed by atoms with Gasteiger partial charge in [-0.2, -0.15) is 13.9 Å². The minimum absolute atomic E-state index is 0.0375. The standard InChI is InChI=1S/C25H32BF2N3O2/c1-17-4-3-5-19(14-17)24-20(26-9-12-33-13-10-26)8-11-30(24)23(32)16-31-22(25(2,27)28)15-21(29-31)18-6-7-18/h3-5,14-15,18,20,24H,6-13,16H2,1-2H3. The van der Waals surface area contributed by atoms with Crippen molar-refractivity contribution in [3.8, 4) is 0 Å². The number of nitrogens with zero attached hydrogens (tertiary/aromatic N) is 3. The molecule has 0 spiro atoms. The molecule has 3 aliphatic rings. The maximum atomic E-state index is 14.3. The highest BCUT2D eigenvalue weighted by molar-refractivity contribution is 6.61. The van der Waals surface area contributed by atoms with Gasteiger partial charge in [0.25, 0.3) is 5.92 Å². The van der Waals surface area contributed by atoms with Crippen molar-refractivity contribution in [2.75, 3.05) is 19.8 Å². The zero-order valence-corrected chi connectivity index (χ0v) is 19.5. The van der Waals surface area contributed by atoms with Crippen LogP contribution in [0.1, 0.15) is 60.7 Å². The number of likely N-dealkylation sites (tertiary alicyclic amines) is 1. The fourth-order valence-corrected chi connectivity index (χ4v) is 5.72. The molecule has 0 N–H and O–H groups in total. The van der Waals surface area contributed by atoms with Crippen molar-refractivity contribution in [3.05, 3.63) is 52.8 Å². The molecule has 1 amide bonds. The molecule has 0 bridgehead atoms. The van der Waals surface area contributed by atoms with Crippen LogP contribution in [0.25, 0.3) is 0 Å². The van der Waals surface area contributed by atoms with Crippen molar-refractivity contribution in [2.45, 2.75) is 76.0 Å². The second-order valence-corrected chi connectivity index (χ2v) is 10.1. The molecule has 1 aromatic heterocycles. The molecule has 33 heavy (non-hydrogen) atoms. The van der Waals surface area contributed by atoms with Crippen LogP contribution in [0.5, 0.6) is 0 Å². The SMILES string of the molecule is Cc1cccc(C2C(B3CCOCC3)CCN2C(=O)Cn2nc(C3CC3)cc2C(C)(F)F)c1. The third-order valence-electron chi connectivity index (χ3n) is 7.55. The highest BCUT2D eigenvalue weighted by Crippen LogP contribution is 2.46. The Balaban J connectivity index is 1.43. The molecule has 3 heterocycles. The van der Waals surface area contributed by atoms with Gasteiger partial charge in [-0.3, -0.25) is 9.48 Å². The summed E-state index contributed by atoms with van der Waals surface area (Å²) in [6.45, 7) is 5.48.